The molecule has 9 nitrogen and oxygen atoms in total. The maximum absolute atomic E-state index is 12.7. The largest absolute Gasteiger partial charge is 0.469 e. The van der Waals surface area contributed by atoms with Gasteiger partial charge in [-0.1, -0.05) is 24.3 Å². The number of carbonyl (C=O) groups excluding carboxylic acids is 2. The van der Waals surface area contributed by atoms with Crippen molar-refractivity contribution in [1.29, 1.82) is 5.41 Å². The van der Waals surface area contributed by atoms with E-state index in [1.807, 2.05) is 24.3 Å². The summed E-state index contributed by atoms with van der Waals surface area (Å²) in [5.74, 6) is -0.191. The molecule has 0 spiro atoms. The van der Waals surface area contributed by atoms with Crippen molar-refractivity contribution in [3.8, 4) is 11.3 Å². The molecule has 154 valence electrons. The number of likely N-dealkylation sites (tertiary alicyclic amines) is 1. The minimum atomic E-state index is -0.892. The normalized spacial score (nSPS) is 19.6. The molecule has 2 amide bonds. The topological polar surface area (TPSA) is 129 Å². The van der Waals surface area contributed by atoms with Crippen molar-refractivity contribution in [2.45, 2.75) is 45.1 Å². The van der Waals surface area contributed by atoms with Crippen LogP contribution in [0.4, 0.5) is 0 Å². The molecule has 1 fully saturated rings. The van der Waals surface area contributed by atoms with Crippen LogP contribution in [0.15, 0.2) is 41.3 Å². The summed E-state index contributed by atoms with van der Waals surface area (Å²) in [5.41, 5.74) is 1.76. The van der Waals surface area contributed by atoms with E-state index in [1.165, 1.54) is 25.1 Å². The first-order valence-electron chi connectivity index (χ1n) is 9.31. The highest BCUT2D eigenvalue weighted by Crippen LogP contribution is 2.21. The second-order valence-electron chi connectivity index (χ2n) is 6.99. The zero-order valence-electron chi connectivity index (χ0n) is 16.3. The number of carbonyl (C=O) groups is 2. The van der Waals surface area contributed by atoms with Crippen LogP contribution < -0.4 is 5.32 Å². The van der Waals surface area contributed by atoms with E-state index in [1.54, 1.807) is 6.20 Å². The van der Waals surface area contributed by atoms with Crippen LogP contribution in [-0.2, 0) is 20.9 Å². The number of aliphatic hydroxyl groups excluding tert-OH is 1. The van der Waals surface area contributed by atoms with Crippen molar-refractivity contribution in [1.82, 2.24) is 15.2 Å². The minimum Gasteiger partial charge on any atom is -0.469 e. The number of nitrogens with one attached hydrogen (secondary N) is 2. The number of β-amino-alcohol motifs (C(OH)–C–C–N with tert-alkyl or cyclic N) is 1. The number of nitrogens with zero attached hydrogens (tertiary/aromatic N) is 2. The molecule has 3 N–H and O–H groups in total. The predicted molar refractivity (Wildman–Crippen MR) is 104 cm³/mol. The van der Waals surface area contributed by atoms with Gasteiger partial charge in [0.15, 0.2) is 24.2 Å². The fourth-order valence-corrected chi connectivity index (χ4v) is 3.31. The van der Waals surface area contributed by atoms with Crippen LogP contribution in [0.1, 0.15) is 25.8 Å². The van der Waals surface area contributed by atoms with Gasteiger partial charge in [-0.05, 0) is 12.5 Å². The summed E-state index contributed by atoms with van der Waals surface area (Å²) in [6.45, 7) is 3.31. The summed E-state index contributed by atoms with van der Waals surface area (Å²) in [4.78, 5) is 30.4. The number of rotatable bonds is 6. The Balaban J connectivity index is 1.60. The Hall–Kier alpha value is -3.20. The molecule has 0 aliphatic carbocycles. The summed E-state index contributed by atoms with van der Waals surface area (Å²) < 4.78 is 10.4. The lowest BCUT2D eigenvalue weighted by Crippen LogP contribution is -2.49. The quantitative estimate of drug-likeness (QED) is 0.495. The number of benzene rings is 1. The summed E-state index contributed by atoms with van der Waals surface area (Å²) >= 11 is 0. The monoisotopic (exact) mass is 400 g/mol. The van der Waals surface area contributed by atoms with Crippen molar-refractivity contribution >= 4 is 17.7 Å². The van der Waals surface area contributed by atoms with Crippen LogP contribution in [-0.4, -0.2) is 57.5 Å². The molecular formula is C20H24N4O5. The minimum absolute atomic E-state index is 0.0630. The molecule has 1 aromatic carbocycles. The maximum atomic E-state index is 12.7. The van der Waals surface area contributed by atoms with Gasteiger partial charge in [-0.25, -0.2) is 4.98 Å². The van der Waals surface area contributed by atoms with Crippen molar-refractivity contribution in [3.05, 3.63) is 42.4 Å². The average Bonchev–Trinajstić information content (AvgIpc) is 3.35. The third-order valence-electron chi connectivity index (χ3n) is 4.70. The molecule has 3 atom stereocenters. The number of ether oxygens (including phenoxy) is 1. The van der Waals surface area contributed by atoms with E-state index in [-0.39, 0.29) is 31.3 Å². The summed E-state index contributed by atoms with van der Waals surface area (Å²) in [5, 5.41) is 20.1. The summed E-state index contributed by atoms with van der Waals surface area (Å²) in [7, 11) is 0. The Kier molecular flexibility index (Phi) is 6.28. The van der Waals surface area contributed by atoms with Gasteiger partial charge in [-0.2, -0.15) is 0 Å². The second-order valence-corrected chi connectivity index (χ2v) is 6.99. The summed E-state index contributed by atoms with van der Waals surface area (Å²) in [6.07, 6.45) is 1.49. The fraction of sp³-hybridized carbons (Fsp3) is 0.400. The van der Waals surface area contributed by atoms with E-state index < -0.39 is 24.2 Å². The molecule has 1 aliphatic rings. The number of amides is 2. The molecule has 0 radical (unpaired) electrons. The van der Waals surface area contributed by atoms with Crippen molar-refractivity contribution in [2.75, 3.05) is 6.54 Å². The number of hydrogen-bond acceptors (Lipinski definition) is 7. The maximum Gasteiger partial charge on any atom is 0.264 e. The predicted octanol–water partition coefficient (Wildman–Crippen LogP) is 1.32. The van der Waals surface area contributed by atoms with Gasteiger partial charge in [0.25, 0.3) is 5.91 Å². The van der Waals surface area contributed by atoms with Crippen LogP contribution in [0.5, 0.6) is 0 Å². The zero-order valence-corrected chi connectivity index (χ0v) is 16.3. The molecule has 3 unspecified atom stereocenters. The van der Waals surface area contributed by atoms with Gasteiger partial charge in [-0.15, -0.1) is 0 Å². The lowest BCUT2D eigenvalue weighted by atomic mass is 10.1. The second kappa shape index (κ2) is 8.87. The van der Waals surface area contributed by atoms with Crippen LogP contribution >= 0.6 is 0 Å². The van der Waals surface area contributed by atoms with Crippen LogP contribution in [0.3, 0.4) is 0 Å². The average molecular weight is 400 g/mol. The van der Waals surface area contributed by atoms with E-state index in [0.29, 0.717) is 5.76 Å². The number of hydrogen-bond donors (Lipinski definition) is 3. The third-order valence-corrected chi connectivity index (χ3v) is 4.70. The van der Waals surface area contributed by atoms with Crippen LogP contribution in [0.2, 0.25) is 0 Å². The highest BCUT2D eigenvalue weighted by molar-refractivity contribution is 5.91. The van der Waals surface area contributed by atoms with Crippen molar-refractivity contribution in [2.24, 2.45) is 0 Å². The smallest absolute Gasteiger partial charge is 0.264 e. The highest BCUT2D eigenvalue weighted by atomic mass is 16.5. The molecule has 1 saturated heterocycles. The SMILES string of the molecule is CC(=N)OC(C)C(=O)N1CC(O)CC1C(=O)NCc1ccc(-c2cnco2)cc1. The first-order valence-corrected chi connectivity index (χ1v) is 9.31. The van der Waals surface area contributed by atoms with Crippen molar-refractivity contribution in [3.63, 3.8) is 0 Å². The lowest BCUT2D eigenvalue weighted by Gasteiger charge is -2.26. The number of oxazole rings is 1. The van der Waals surface area contributed by atoms with Gasteiger partial charge < -0.3 is 24.5 Å². The van der Waals surface area contributed by atoms with Gasteiger partial charge in [-0.3, -0.25) is 15.0 Å². The van der Waals surface area contributed by atoms with E-state index in [0.717, 1.165) is 11.1 Å². The first kappa shape index (κ1) is 20.5. The zero-order chi connectivity index (χ0) is 21.0. The van der Waals surface area contributed by atoms with Gasteiger partial charge in [0.2, 0.25) is 5.91 Å². The van der Waals surface area contributed by atoms with Gasteiger partial charge in [0.05, 0.1) is 12.3 Å². The van der Waals surface area contributed by atoms with E-state index >= 15 is 0 Å². The molecular weight excluding hydrogens is 376 g/mol. The Bertz CT molecular complexity index is 866. The Labute approximate surface area is 168 Å². The standard InChI is InChI=1S/C20H24N4O5/c1-12(29-13(2)21)20(27)24-10-16(25)7-17(24)19(26)23-8-14-3-5-15(6-4-14)18-9-22-11-28-18/h3-6,9,11-12,16-17,21,25H,7-8,10H2,1-2H3,(H,23,26). The van der Waals surface area contributed by atoms with Gasteiger partial charge in [0, 0.05) is 32.0 Å². The third kappa shape index (κ3) is 5.00. The van der Waals surface area contributed by atoms with Gasteiger partial charge >= 0.3 is 0 Å². The fourth-order valence-electron chi connectivity index (χ4n) is 3.31. The molecule has 0 bridgehead atoms. The van der Waals surface area contributed by atoms with Crippen LogP contribution in [0, 0.1) is 5.41 Å². The number of aliphatic hydroxyl groups is 1. The Morgan fingerprint density at radius 2 is 2.14 bits per heavy atom. The Morgan fingerprint density at radius 3 is 2.76 bits per heavy atom. The lowest BCUT2D eigenvalue weighted by molar-refractivity contribution is -0.144. The van der Waals surface area contributed by atoms with E-state index in [9.17, 15) is 14.7 Å². The Morgan fingerprint density at radius 1 is 1.41 bits per heavy atom. The van der Waals surface area contributed by atoms with E-state index in [4.69, 9.17) is 14.6 Å². The molecule has 0 saturated carbocycles. The molecule has 3 rings (SSSR count). The van der Waals surface area contributed by atoms with Crippen molar-refractivity contribution < 1.29 is 23.8 Å². The molecule has 2 aromatic rings. The molecule has 1 aromatic heterocycles. The summed E-state index contributed by atoms with van der Waals surface area (Å²) in [6, 6.07) is 6.70. The molecule has 29 heavy (non-hydrogen) atoms. The molecule has 9 heteroatoms. The van der Waals surface area contributed by atoms with Gasteiger partial charge in [0.1, 0.15) is 6.04 Å². The van der Waals surface area contributed by atoms with Crippen LogP contribution in [0.25, 0.3) is 11.3 Å². The molecule has 2 heterocycles. The van der Waals surface area contributed by atoms with E-state index in [2.05, 4.69) is 10.3 Å². The number of aromatic nitrogens is 1. The highest BCUT2D eigenvalue weighted by Gasteiger charge is 2.40. The molecule has 1 aliphatic heterocycles. The first-order chi connectivity index (χ1) is 13.8.